The molecule has 0 amide bonds. The highest BCUT2D eigenvalue weighted by atomic mass is 35.5. The maximum atomic E-state index is 14.5. The van der Waals surface area contributed by atoms with E-state index in [-0.39, 0.29) is 41.5 Å². The van der Waals surface area contributed by atoms with Crippen molar-refractivity contribution in [2.24, 2.45) is 5.92 Å². The van der Waals surface area contributed by atoms with E-state index >= 15 is 0 Å². The summed E-state index contributed by atoms with van der Waals surface area (Å²) >= 11 is 5.93. The Morgan fingerprint density at radius 3 is 2.58 bits per heavy atom. The zero-order valence-electron chi connectivity index (χ0n) is 19.0. The molecular weight excluding hydrogens is 449 g/mol. The SMILES string of the molecule is CCOC(=O)c1cn([C@H](CO)C(C)C)c2cc(OC)c(Cc3cccc(Cl)c3F)cc2c1=O. The third-order valence-electron chi connectivity index (χ3n) is 5.66. The van der Waals surface area contributed by atoms with E-state index in [1.807, 2.05) is 13.8 Å². The smallest absolute Gasteiger partial charge is 0.343 e. The lowest BCUT2D eigenvalue weighted by atomic mass is 9.98. The number of benzene rings is 2. The van der Waals surface area contributed by atoms with Crippen LogP contribution in [0.25, 0.3) is 10.9 Å². The molecule has 176 valence electrons. The molecule has 6 nitrogen and oxygen atoms in total. The van der Waals surface area contributed by atoms with Crippen molar-refractivity contribution in [3.63, 3.8) is 0 Å². The molecule has 1 heterocycles. The molecule has 0 bridgehead atoms. The number of aromatic nitrogens is 1. The van der Waals surface area contributed by atoms with E-state index in [2.05, 4.69) is 0 Å². The van der Waals surface area contributed by atoms with E-state index in [4.69, 9.17) is 21.1 Å². The van der Waals surface area contributed by atoms with Gasteiger partial charge in [-0.1, -0.05) is 37.6 Å². The van der Waals surface area contributed by atoms with Gasteiger partial charge in [0.1, 0.15) is 17.1 Å². The van der Waals surface area contributed by atoms with E-state index < -0.39 is 23.3 Å². The number of halogens is 2. The summed E-state index contributed by atoms with van der Waals surface area (Å²) < 4.78 is 26.9. The number of pyridine rings is 1. The van der Waals surface area contributed by atoms with Crippen LogP contribution in [-0.4, -0.2) is 36.0 Å². The first-order valence-electron chi connectivity index (χ1n) is 10.7. The number of methoxy groups -OCH3 is 1. The molecule has 3 aromatic rings. The van der Waals surface area contributed by atoms with Crippen molar-refractivity contribution in [2.75, 3.05) is 20.3 Å². The number of fused-ring (bicyclic) bond motifs is 1. The van der Waals surface area contributed by atoms with Gasteiger partial charge in [-0.25, -0.2) is 9.18 Å². The maximum absolute atomic E-state index is 14.5. The Kier molecular flexibility index (Phi) is 7.76. The summed E-state index contributed by atoms with van der Waals surface area (Å²) in [6, 6.07) is 7.60. The molecule has 0 saturated carbocycles. The lowest BCUT2D eigenvalue weighted by molar-refractivity contribution is 0.0523. The number of hydrogen-bond acceptors (Lipinski definition) is 5. The Morgan fingerprint density at radius 2 is 1.97 bits per heavy atom. The molecule has 0 saturated heterocycles. The highest BCUT2D eigenvalue weighted by molar-refractivity contribution is 6.30. The minimum Gasteiger partial charge on any atom is -0.496 e. The average molecular weight is 476 g/mol. The predicted molar refractivity (Wildman–Crippen MR) is 126 cm³/mol. The third kappa shape index (κ3) is 4.89. The van der Waals surface area contributed by atoms with E-state index in [9.17, 15) is 19.1 Å². The molecule has 3 rings (SSSR count). The summed E-state index contributed by atoms with van der Waals surface area (Å²) in [4.78, 5) is 25.8. The van der Waals surface area contributed by atoms with Crippen LogP contribution in [0.2, 0.25) is 5.02 Å². The standard InChI is InChI=1S/C25H27ClFNO5/c1-5-33-25(31)18-12-28(21(13-29)14(2)3)20-11-22(32-4)16(10-17(20)24(18)30)9-15-7-6-8-19(26)23(15)27/h6-8,10-12,14,21,29H,5,9,13H2,1-4H3/t21-/m1/s1. The third-order valence-corrected chi connectivity index (χ3v) is 5.95. The molecule has 1 atom stereocenters. The van der Waals surface area contributed by atoms with Gasteiger partial charge in [-0.3, -0.25) is 4.79 Å². The molecule has 0 spiro atoms. The fraction of sp³-hybridized carbons (Fsp3) is 0.360. The topological polar surface area (TPSA) is 77.8 Å². The quantitative estimate of drug-likeness (QED) is 0.475. The van der Waals surface area contributed by atoms with Crippen LogP contribution >= 0.6 is 11.6 Å². The van der Waals surface area contributed by atoms with Crippen LogP contribution in [0.4, 0.5) is 4.39 Å². The first-order valence-corrected chi connectivity index (χ1v) is 11.1. The normalized spacial score (nSPS) is 12.2. The highest BCUT2D eigenvalue weighted by Crippen LogP contribution is 2.31. The number of aliphatic hydroxyl groups excluding tert-OH is 1. The largest absolute Gasteiger partial charge is 0.496 e. The van der Waals surface area contributed by atoms with Gasteiger partial charge in [0.05, 0.1) is 36.9 Å². The van der Waals surface area contributed by atoms with E-state index in [0.717, 1.165) is 0 Å². The van der Waals surface area contributed by atoms with Crippen molar-refractivity contribution in [1.82, 2.24) is 4.57 Å². The summed E-state index contributed by atoms with van der Waals surface area (Å²) in [6.07, 6.45) is 1.56. The van der Waals surface area contributed by atoms with Crippen molar-refractivity contribution in [3.8, 4) is 5.75 Å². The monoisotopic (exact) mass is 475 g/mol. The van der Waals surface area contributed by atoms with Crippen LogP contribution in [0.15, 0.2) is 41.3 Å². The van der Waals surface area contributed by atoms with E-state index in [1.165, 1.54) is 19.4 Å². The Bertz CT molecular complexity index is 1240. The zero-order chi connectivity index (χ0) is 24.3. The molecule has 33 heavy (non-hydrogen) atoms. The number of rotatable bonds is 8. The number of aliphatic hydroxyl groups is 1. The zero-order valence-corrected chi connectivity index (χ0v) is 19.8. The number of esters is 1. The Hall–Kier alpha value is -2.90. The van der Waals surface area contributed by atoms with Crippen LogP contribution in [0.5, 0.6) is 5.75 Å². The number of nitrogens with zero attached hydrogens (tertiary/aromatic N) is 1. The molecule has 1 aromatic heterocycles. The molecule has 0 aliphatic rings. The molecule has 0 unspecified atom stereocenters. The van der Waals surface area contributed by atoms with Gasteiger partial charge >= 0.3 is 5.97 Å². The van der Waals surface area contributed by atoms with Gasteiger partial charge in [-0.05, 0) is 36.1 Å². The van der Waals surface area contributed by atoms with Crippen LogP contribution in [0.3, 0.4) is 0 Å². The number of hydrogen-bond donors (Lipinski definition) is 1. The molecule has 0 aliphatic carbocycles. The van der Waals surface area contributed by atoms with Gasteiger partial charge in [0, 0.05) is 24.1 Å². The molecule has 0 radical (unpaired) electrons. The van der Waals surface area contributed by atoms with Crippen LogP contribution in [0, 0.1) is 11.7 Å². The maximum Gasteiger partial charge on any atom is 0.343 e. The van der Waals surface area contributed by atoms with Gasteiger partial charge < -0.3 is 19.1 Å². The summed E-state index contributed by atoms with van der Waals surface area (Å²) in [6.45, 7) is 5.44. The first kappa shape index (κ1) is 24.7. The fourth-order valence-corrected chi connectivity index (χ4v) is 4.08. The average Bonchev–Trinajstić information content (AvgIpc) is 2.78. The number of ether oxygens (including phenoxy) is 2. The molecule has 1 N–H and O–H groups in total. The van der Waals surface area contributed by atoms with Crippen molar-refractivity contribution in [3.05, 3.63) is 74.3 Å². The van der Waals surface area contributed by atoms with Crippen LogP contribution in [-0.2, 0) is 11.2 Å². The fourth-order valence-electron chi connectivity index (χ4n) is 3.89. The molecule has 0 fully saturated rings. The van der Waals surface area contributed by atoms with Gasteiger partial charge in [0.2, 0.25) is 5.43 Å². The van der Waals surface area contributed by atoms with Gasteiger partial charge in [0.15, 0.2) is 0 Å². The number of carbonyl (C=O) groups excluding carboxylic acids is 1. The van der Waals surface area contributed by atoms with Gasteiger partial charge in [0.25, 0.3) is 0 Å². The minimum absolute atomic E-state index is 0.00179. The summed E-state index contributed by atoms with van der Waals surface area (Å²) in [5.74, 6) is -0.836. The molecule has 0 aliphatic heterocycles. The lowest BCUT2D eigenvalue weighted by Crippen LogP contribution is -2.26. The lowest BCUT2D eigenvalue weighted by Gasteiger charge is -2.25. The summed E-state index contributed by atoms with van der Waals surface area (Å²) in [5.41, 5.74) is 0.760. The van der Waals surface area contributed by atoms with Crippen molar-refractivity contribution >= 4 is 28.5 Å². The molecule has 2 aromatic carbocycles. The Labute approximate surface area is 196 Å². The highest BCUT2D eigenvalue weighted by Gasteiger charge is 2.23. The minimum atomic E-state index is -0.739. The summed E-state index contributed by atoms with van der Waals surface area (Å²) in [7, 11) is 1.49. The van der Waals surface area contributed by atoms with Gasteiger partial charge in [-0.2, -0.15) is 0 Å². The predicted octanol–water partition coefficient (Wildman–Crippen LogP) is 4.76. The van der Waals surface area contributed by atoms with Crippen LogP contribution < -0.4 is 10.2 Å². The number of carbonyl (C=O) groups is 1. The van der Waals surface area contributed by atoms with Crippen molar-refractivity contribution < 1.29 is 23.8 Å². The van der Waals surface area contributed by atoms with Crippen molar-refractivity contribution in [2.45, 2.75) is 33.2 Å². The van der Waals surface area contributed by atoms with E-state index in [0.29, 0.717) is 22.4 Å². The second-order valence-electron chi connectivity index (χ2n) is 8.06. The molecule has 8 heteroatoms. The van der Waals surface area contributed by atoms with Gasteiger partial charge in [-0.15, -0.1) is 0 Å². The van der Waals surface area contributed by atoms with Crippen molar-refractivity contribution in [1.29, 1.82) is 0 Å². The molecular formula is C25H27ClFNO5. The second-order valence-corrected chi connectivity index (χ2v) is 8.47. The Morgan fingerprint density at radius 1 is 1.24 bits per heavy atom. The second kappa shape index (κ2) is 10.4. The summed E-state index contributed by atoms with van der Waals surface area (Å²) in [5, 5.41) is 10.3. The van der Waals surface area contributed by atoms with E-state index in [1.54, 1.807) is 35.8 Å². The Balaban J connectivity index is 2.32. The van der Waals surface area contributed by atoms with Crippen LogP contribution in [0.1, 0.15) is 48.3 Å². The first-order chi connectivity index (χ1) is 15.7.